The standard InChI is InChI=1S/C11H14N2O3/c12-7-10(14)13-5-4-8-2-1-3-9(6-8)11(15)16/h1-3,6H,4-5,7,12H2,(H,13,14)(H,15,16). The minimum Gasteiger partial charge on any atom is -0.478 e. The molecule has 1 aromatic carbocycles. The molecule has 4 N–H and O–H groups in total. The van der Waals surface area contributed by atoms with Crippen molar-refractivity contribution in [2.24, 2.45) is 5.73 Å². The van der Waals surface area contributed by atoms with Crippen molar-refractivity contribution in [3.63, 3.8) is 0 Å². The zero-order valence-electron chi connectivity index (χ0n) is 8.77. The molecular formula is C11H14N2O3. The highest BCUT2D eigenvalue weighted by molar-refractivity contribution is 5.87. The molecule has 1 aromatic rings. The Morgan fingerprint density at radius 2 is 2.12 bits per heavy atom. The van der Waals surface area contributed by atoms with Crippen LogP contribution in [0.15, 0.2) is 24.3 Å². The van der Waals surface area contributed by atoms with Crippen LogP contribution in [0.3, 0.4) is 0 Å². The first-order chi connectivity index (χ1) is 7.63. The highest BCUT2D eigenvalue weighted by Crippen LogP contribution is 2.05. The van der Waals surface area contributed by atoms with E-state index in [1.165, 1.54) is 6.07 Å². The van der Waals surface area contributed by atoms with Crippen LogP contribution in [0.5, 0.6) is 0 Å². The lowest BCUT2D eigenvalue weighted by Crippen LogP contribution is -2.31. The van der Waals surface area contributed by atoms with Crippen LogP contribution in [-0.4, -0.2) is 30.1 Å². The number of carbonyl (C=O) groups excluding carboxylic acids is 1. The van der Waals surface area contributed by atoms with E-state index in [9.17, 15) is 9.59 Å². The lowest BCUT2D eigenvalue weighted by atomic mass is 10.1. The highest BCUT2D eigenvalue weighted by Gasteiger charge is 2.03. The summed E-state index contributed by atoms with van der Waals surface area (Å²) in [5.41, 5.74) is 6.25. The van der Waals surface area contributed by atoms with Crippen molar-refractivity contribution >= 4 is 11.9 Å². The molecule has 16 heavy (non-hydrogen) atoms. The number of hydrogen-bond acceptors (Lipinski definition) is 3. The van der Waals surface area contributed by atoms with Gasteiger partial charge in [-0.1, -0.05) is 12.1 Å². The van der Waals surface area contributed by atoms with Gasteiger partial charge in [0.25, 0.3) is 0 Å². The summed E-state index contributed by atoms with van der Waals surface area (Å²) in [5.74, 6) is -1.16. The van der Waals surface area contributed by atoms with Gasteiger partial charge in [-0.3, -0.25) is 4.79 Å². The Kier molecular flexibility index (Phi) is 4.47. The Bertz CT molecular complexity index is 391. The zero-order valence-corrected chi connectivity index (χ0v) is 8.77. The molecular weight excluding hydrogens is 208 g/mol. The first kappa shape index (κ1) is 12.2. The number of carboxylic acid groups (broad SMARTS) is 1. The number of nitrogens with one attached hydrogen (secondary N) is 1. The summed E-state index contributed by atoms with van der Waals surface area (Å²) in [6.07, 6.45) is 0.590. The maximum absolute atomic E-state index is 10.8. The molecule has 0 aliphatic carbocycles. The van der Waals surface area contributed by atoms with E-state index in [0.29, 0.717) is 13.0 Å². The van der Waals surface area contributed by atoms with E-state index in [1.54, 1.807) is 12.1 Å². The van der Waals surface area contributed by atoms with Crippen LogP contribution in [0, 0.1) is 0 Å². The highest BCUT2D eigenvalue weighted by atomic mass is 16.4. The molecule has 5 heteroatoms. The van der Waals surface area contributed by atoms with Crippen LogP contribution in [0.1, 0.15) is 15.9 Å². The van der Waals surface area contributed by atoms with Gasteiger partial charge in [-0.25, -0.2) is 4.79 Å². The molecule has 5 nitrogen and oxygen atoms in total. The molecule has 1 amide bonds. The second-order valence-electron chi connectivity index (χ2n) is 3.31. The molecule has 0 bridgehead atoms. The van der Waals surface area contributed by atoms with Crippen molar-refractivity contribution in [1.82, 2.24) is 5.32 Å². The third-order valence-electron chi connectivity index (χ3n) is 2.10. The maximum Gasteiger partial charge on any atom is 0.335 e. The predicted octanol–water partition coefficient (Wildman–Crippen LogP) is 0.00220. The average Bonchev–Trinajstić information content (AvgIpc) is 2.29. The average molecular weight is 222 g/mol. The second-order valence-corrected chi connectivity index (χ2v) is 3.31. The summed E-state index contributed by atoms with van der Waals surface area (Å²) in [6, 6.07) is 6.63. The molecule has 0 aromatic heterocycles. The van der Waals surface area contributed by atoms with Gasteiger partial charge in [-0.2, -0.15) is 0 Å². The zero-order chi connectivity index (χ0) is 12.0. The summed E-state index contributed by atoms with van der Waals surface area (Å²) < 4.78 is 0. The van der Waals surface area contributed by atoms with Crippen LogP contribution >= 0.6 is 0 Å². The molecule has 0 atom stereocenters. The van der Waals surface area contributed by atoms with Crippen LogP contribution in [-0.2, 0) is 11.2 Å². The molecule has 0 unspecified atom stereocenters. The van der Waals surface area contributed by atoms with Crippen LogP contribution in [0.2, 0.25) is 0 Å². The van der Waals surface area contributed by atoms with E-state index in [2.05, 4.69) is 5.32 Å². The monoisotopic (exact) mass is 222 g/mol. The van der Waals surface area contributed by atoms with Gasteiger partial charge in [0, 0.05) is 6.54 Å². The molecule has 0 aliphatic heterocycles. The van der Waals surface area contributed by atoms with Crippen molar-refractivity contribution in [2.75, 3.05) is 13.1 Å². The molecule has 0 saturated heterocycles. The molecule has 0 radical (unpaired) electrons. The molecule has 0 aliphatic rings. The molecule has 86 valence electrons. The molecule has 0 fully saturated rings. The maximum atomic E-state index is 10.8. The molecule has 0 spiro atoms. The quantitative estimate of drug-likeness (QED) is 0.654. The molecule has 0 heterocycles. The summed E-state index contributed by atoms with van der Waals surface area (Å²) in [7, 11) is 0. The number of hydrogen-bond donors (Lipinski definition) is 3. The summed E-state index contributed by atoms with van der Waals surface area (Å²) in [4.78, 5) is 21.5. The Morgan fingerprint density at radius 3 is 2.75 bits per heavy atom. The number of aromatic carboxylic acids is 1. The normalized spacial score (nSPS) is 9.81. The number of nitrogens with two attached hydrogens (primary N) is 1. The van der Waals surface area contributed by atoms with Gasteiger partial charge >= 0.3 is 5.97 Å². The van der Waals surface area contributed by atoms with Crippen molar-refractivity contribution in [3.8, 4) is 0 Å². The Hall–Kier alpha value is -1.88. The van der Waals surface area contributed by atoms with Crippen molar-refractivity contribution < 1.29 is 14.7 Å². The fraction of sp³-hybridized carbons (Fsp3) is 0.273. The number of rotatable bonds is 5. The van der Waals surface area contributed by atoms with Gasteiger partial charge in [-0.05, 0) is 24.1 Å². The fourth-order valence-corrected chi connectivity index (χ4v) is 1.28. The van der Waals surface area contributed by atoms with Gasteiger partial charge in [-0.15, -0.1) is 0 Å². The minimum absolute atomic E-state index is 0.0326. The smallest absolute Gasteiger partial charge is 0.335 e. The van der Waals surface area contributed by atoms with Gasteiger partial charge in [0.05, 0.1) is 12.1 Å². The largest absolute Gasteiger partial charge is 0.478 e. The van der Waals surface area contributed by atoms with Gasteiger partial charge in [0.2, 0.25) is 5.91 Å². The Balaban J connectivity index is 2.51. The first-order valence-corrected chi connectivity index (χ1v) is 4.92. The number of benzene rings is 1. The van der Waals surface area contributed by atoms with E-state index < -0.39 is 5.97 Å². The minimum atomic E-state index is -0.951. The van der Waals surface area contributed by atoms with E-state index in [-0.39, 0.29) is 18.0 Å². The second kappa shape index (κ2) is 5.87. The summed E-state index contributed by atoms with van der Waals surface area (Å²) >= 11 is 0. The Labute approximate surface area is 93.3 Å². The number of amides is 1. The summed E-state index contributed by atoms with van der Waals surface area (Å²) in [6.45, 7) is 0.425. The third kappa shape index (κ3) is 3.70. The molecule has 1 rings (SSSR count). The van der Waals surface area contributed by atoms with Crippen molar-refractivity contribution in [1.29, 1.82) is 0 Å². The lowest BCUT2D eigenvalue weighted by molar-refractivity contribution is -0.119. The van der Waals surface area contributed by atoms with Crippen molar-refractivity contribution in [3.05, 3.63) is 35.4 Å². The van der Waals surface area contributed by atoms with Crippen LogP contribution < -0.4 is 11.1 Å². The molecule has 0 saturated carbocycles. The SMILES string of the molecule is NCC(=O)NCCc1cccc(C(=O)O)c1. The van der Waals surface area contributed by atoms with Crippen molar-refractivity contribution in [2.45, 2.75) is 6.42 Å². The number of carboxylic acids is 1. The van der Waals surface area contributed by atoms with Crippen LogP contribution in [0.4, 0.5) is 0 Å². The topological polar surface area (TPSA) is 92.4 Å². The summed E-state index contributed by atoms with van der Waals surface area (Å²) in [5, 5.41) is 11.4. The fourth-order valence-electron chi connectivity index (χ4n) is 1.28. The van der Waals surface area contributed by atoms with E-state index in [4.69, 9.17) is 10.8 Å². The van der Waals surface area contributed by atoms with E-state index in [1.807, 2.05) is 6.07 Å². The Morgan fingerprint density at radius 1 is 1.38 bits per heavy atom. The predicted molar refractivity (Wildman–Crippen MR) is 59.2 cm³/mol. The van der Waals surface area contributed by atoms with Gasteiger partial charge in [0.1, 0.15) is 0 Å². The number of carbonyl (C=O) groups is 2. The van der Waals surface area contributed by atoms with E-state index >= 15 is 0 Å². The first-order valence-electron chi connectivity index (χ1n) is 4.92. The van der Waals surface area contributed by atoms with Crippen LogP contribution in [0.25, 0.3) is 0 Å². The third-order valence-corrected chi connectivity index (χ3v) is 2.10. The van der Waals surface area contributed by atoms with E-state index in [0.717, 1.165) is 5.56 Å². The lowest BCUT2D eigenvalue weighted by Gasteiger charge is -2.04. The van der Waals surface area contributed by atoms with Gasteiger partial charge in [0.15, 0.2) is 0 Å². The van der Waals surface area contributed by atoms with Gasteiger partial charge < -0.3 is 16.2 Å².